The fourth-order valence-corrected chi connectivity index (χ4v) is 1.69. The minimum atomic E-state index is -0.219. The molecule has 0 unspecified atom stereocenters. The lowest BCUT2D eigenvalue weighted by Gasteiger charge is -2.19. The van der Waals surface area contributed by atoms with Crippen LogP contribution in [0.5, 0.6) is 0 Å². The van der Waals surface area contributed by atoms with Crippen LogP contribution in [0.1, 0.15) is 19.4 Å². The van der Waals surface area contributed by atoms with Gasteiger partial charge >= 0.3 is 0 Å². The third-order valence-electron chi connectivity index (χ3n) is 2.36. The van der Waals surface area contributed by atoms with Gasteiger partial charge in [0.25, 0.3) is 0 Å². The van der Waals surface area contributed by atoms with Gasteiger partial charge in [0.15, 0.2) is 6.29 Å². The number of hydrogen-bond acceptors (Lipinski definition) is 3. The van der Waals surface area contributed by atoms with Gasteiger partial charge in [-0.05, 0) is 38.5 Å². The van der Waals surface area contributed by atoms with Crippen LogP contribution in [-0.2, 0) is 9.47 Å². The van der Waals surface area contributed by atoms with Crippen molar-refractivity contribution < 1.29 is 9.47 Å². The van der Waals surface area contributed by atoms with Gasteiger partial charge in [-0.1, -0.05) is 17.7 Å². The first-order valence-electron chi connectivity index (χ1n) is 5.90. The molecule has 0 saturated carbocycles. The first-order valence-corrected chi connectivity index (χ1v) is 6.28. The van der Waals surface area contributed by atoms with E-state index in [9.17, 15) is 0 Å². The van der Waals surface area contributed by atoms with Crippen molar-refractivity contribution in [1.29, 1.82) is 0 Å². The lowest BCUT2D eigenvalue weighted by molar-refractivity contribution is -0.126. The van der Waals surface area contributed by atoms with Crippen LogP contribution in [0.25, 0.3) is 0 Å². The number of benzene rings is 1. The highest BCUT2D eigenvalue weighted by atomic mass is 35.5. The van der Waals surface area contributed by atoms with Gasteiger partial charge in [-0.2, -0.15) is 0 Å². The van der Waals surface area contributed by atoms with E-state index in [1.165, 1.54) is 0 Å². The number of ether oxygens (including phenoxy) is 2. The third-order valence-corrected chi connectivity index (χ3v) is 2.60. The maximum absolute atomic E-state index is 5.95. The largest absolute Gasteiger partial charge is 0.380 e. The summed E-state index contributed by atoms with van der Waals surface area (Å²) in [5, 5.41) is 4.01. The zero-order valence-electron chi connectivity index (χ0n) is 10.6. The Hall–Kier alpha value is -0.770. The first-order chi connectivity index (χ1) is 8.17. The van der Waals surface area contributed by atoms with Crippen LogP contribution in [0.15, 0.2) is 18.2 Å². The van der Waals surface area contributed by atoms with Gasteiger partial charge < -0.3 is 14.8 Å². The summed E-state index contributed by atoms with van der Waals surface area (Å²) in [5.41, 5.74) is 2.17. The summed E-state index contributed by atoms with van der Waals surface area (Å²) < 4.78 is 10.9. The fourth-order valence-electron chi connectivity index (χ4n) is 1.52. The Labute approximate surface area is 108 Å². The number of anilines is 1. The van der Waals surface area contributed by atoms with Crippen molar-refractivity contribution in [3.63, 3.8) is 0 Å². The second-order valence-corrected chi connectivity index (χ2v) is 4.12. The van der Waals surface area contributed by atoms with Crippen molar-refractivity contribution in [2.24, 2.45) is 0 Å². The molecule has 4 heteroatoms. The fraction of sp³-hybridized carbons (Fsp3) is 0.538. The molecule has 1 aromatic carbocycles. The van der Waals surface area contributed by atoms with Crippen LogP contribution >= 0.6 is 11.6 Å². The normalized spacial score (nSPS) is 10.9. The zero-order valence-corrected chi connectivity index (χ0v) is 11.4. The highest BCUT2D eigenvalue weighted by Crippen LogP contribution is 2.20. The van der Waals surface area contributed by atoms with Crippen LogP contribution in [0.3, 0.4) is 0 Å². The molecule has 17 heavy (non-hydrogen) atoms. The summed E-state index contributed by atoms with van der Waals surface area (Å²) in [7, 11) is 0. The molecule has 0 spiro atoms. The molecule has 0 aliphatic carbocycles. The predicted molar refractivity (Wildman–Crippen MR) is 71.7 cm³/mol. The highest BCUT2D eigenvalue weighted by molar-refractivity contribution is 6.30. The summed E-state index contributed by atoms with van der Waals surface area (Å²) in [5.74, 6) is 0. The highest BCUT2D eigenvalue weighted by Gasteiger charge is 2.08. The Morgan fingerprint density at radius 1 is 1.24 bits per heavy atom. The Balaban J connectivity index is 2.55. The molecule has 1 rings (SSSR count). The predicted octanol–water partition coefficient (Wildman–Crippen LogP) is 3.46. The second kappa shape index (κ2) is 7.54. The molecule has 1 aromatic rings. The van der Waals surface area contributed by atoms with Gasteiger partial charge in [-0.25, -0.2) is 0 Å². The van der Waals surface area contributed by atoms with Crippen molar-refractivity contribution in [1.82, 2.24) is 0 Å². The summed E-state index contributed by atoms with van der Waals surface area (Å²) >= 11 is 5.95. The van der Waals surface area contributed by atoms with E-state index in [0.29, 0.717) is 19.8 Å². The SMILES string of the molecule is CCOC(CNc1cc(Cl)ccc1C)OCC. The summed E-state index contributed by atoms with van der Waals surface area (Å²) in [6, 6.07) is 5.78. The molecule has 0 fully saturated rings. The Bertz CT molecular complexity index is 338. The molecule has 0 amide bonds. The molecule has 0 bridgehead atoms. The van der Waals surface area contributed by atoms with Crippen molar-refractivity contribution in [2.45, 2.75) is 27.1 Å². The van der Waals surface area contributed by atoms with Gasteiger partial charge in [0.05, 0.1) is 6.54 Å². The molecule has 0 atom stereocenters. The van der Waals surface area contributed by atoms with E-state index in [1.54, 1.807) is 0 Å². The second-order valence-electron chi connectivity index (χ2n) is 3.68. The van der Waals surface area contributed by atoms with Gasteiger partial charge in [-0.3, -0.25) is 0 Å². The van der Waals surface area contributed by atoms with E-state index in [2.05, 4.69) is 5.32 Å². The van der Waals surface area contributed by atoms with Gasteiger partial charge in [0, 0.05) is 23.9 Å². The average molecular weight is 258 g/mol. The van der Waals surface area contributed by atoms with E-state index >= 15 is 0 Å². The zero-order chi connectivity index (χ0) is 12.7. The maximum Gasteiger partial charge on any atom is 0.174 e. The Kier molecular flexibility index (Phi) is 6.34. The Morgan fingerprint density at radius 3 is 2.47 bits per heavy atom. The number of halogens is 1. The summed E-state index contributed by atoms with van der Waals surface area (Å²) in [6.45, 7) is 7.84. The average Bonchev–Trinajstić information content (AvgIpc) is 2.30. The van der Waals surface area contributed by atoms with Crippen LogP contribution in [0, 0.1) is 6.92 Å². The van der Waals surface area contributed by atoms with Gasteiger partial charge in [-0.15, -0.1) is 0 Å². The van der Waals surface area contributed by atoms with Crippen LogP contribution in [-0.4, -0.2) is 26.0 Å². The molecule has 0 aliphatic rings. The number of hydrogen-bond donors (Lipinski definition) is 1. The van der Waals surface area contributed by atoms with Crippen LogP contribution in [0.4, 0.5) is 5.69 Å². The minimum absolute atomic E-state index is 0.219. The standard InChI is InChI=1S/C13H20ClNO2/c1-4-16-13(17-5-2)9-15-12-8-11(14)7-6-10(12)3/h6-8,13,15H,4-5,9H2,1-3H3. The molecule has 0 aromatic heterocycles. The molecule has 3 nitrogen and oxygen atoms in total. The monoisotopic (exact) mass is 257 g/mol. The molecule has 0 saturated heterocycles. The quantitative estimate of drug-likeness (QED) is 0.759. The van der Waals surface area contributed by atoms with Gasteiger partial charge in [0.1, 0.15) is 0 Å². The molecule has 0 aliphatic heterocycles. The Morgan fingerprint density at radius 2 is 1.88 bits per heavy atom. The van der Waals surface area contributed by atoms with E-state index in [0.717, 1.165) is 16.3 Å². The van der Waals surface area contributed by atoms with Crippen molar-refractivity contribution in [2.75, 3.05) is 25.1 Å². The smallest absolute Gasteiger partial charge is 0.174 e. The lowest BCUT2D eigenvalue weighted by Crippen LogP contribution is -2.26. The van der Waals surface area contributed by atoms with Crippen molar-refractivity contribution in [3.8, 4) is 0 Å². The summed E-state index contributed by atoms with van der Waals surface area (Å²) in [6.07, 6.45) is -0.219. The van der Waals surface area contributed by atoms with Crippen LogP contribution in [0.2, 0.25) is 5.02 Å². The van der Waals surface area contributed by atoms with Crippen molar-refractivity contribution >= 4 is 17.3 Å². The third kappa shape index (κ3) is 4.94. The van der Waals surface area contributed by atoms with Crippen molar-refractivity contribution in [3.05, 3.63) is 28.8 Å². The molecule has 1 N–H and O–H groups in total. The molecule has 0 radical (unpaired) electrons. The van der Waals surface area contributed by atoms with E-state index < -0.39 is 0 Å². The number of nitrogens with one attached hydrogen (secondary N) is 1. The first kappa shape index (κ1) is 14.3. The van der Waals surface area contributed by atoms with E-state index in [-0.39, 0.29) is 6.29 Å². The van der Waals surface area contributed by atoms with E-state index in [4.69, 9.17) is 21.1 Å². The molecule has 96 valence electrons. The topological polar surface area (TPSA) is 30.5 Å². The van der Waals surface area contributed by atoms with Crippen LogP contribution < -0.4 is 5.32 Å². The number of aryl methyl sites for hydroxylation is 1. The van der Waals surface area contributed by atoms with E-state index in [1.807, 2.05) is 39.0 Å². The van der Waals surface area contributed by atoms with Gasteiger partial charge in [0.2, 0.25) is 0 Å². The maximum atomic E-state index is 5.95. The molecular formula is C13H20ClNO2. The molecule has 0 heterocycles. The molecular weight excluding hydrogens is 238 g/mol. The summed E-state index contributed by atoms with van der Waals surface area (Å²) in [4.78, 5) is 0. The lowest BCUT2D eigenvalue weighted by atomic mass is 10.2. The minimum Gasteiger partial charge on any atom is -0.380 e. The number of rotatable bonds is 7.